The minimum Gasteiger partial charge on any atom is -0.508 e. The third kappa shape index (κ3) is 5.45. The van der Waals surface area contributed by atoms with Crippen LogP contribution in [0.5, 0.6) is 23.0 Å². The number of rotatable bonds is 8. The summed E-state index contributed by atoms with van der Waals surface area (Å²) in [5.74, 6) is 2.53. The molecule has 194 valence electrons. The standard InChI is InChI=1S/C31H35NO5/c1-20(32-14-13-22(17-32)19-35-3)18-36-27-10-7-23(8-11-27)31-30(24-5-4-6-25(33)15-24)21(2)28-16-26(34)9-12-29(28)37-31/h4-12,15-16,20,22,31,33-34H,13-14,17-19H2,1-3H3. The lowest BCUT2D eigenvalue weighted by molar-refractivity contribution is 0.136. The van der Waals surface area contributed by atoms with E-state index in [2.05, 4.69) is 11.8 Å². The van der Waals surface area contributed by atoms with Crippen LogP contribution in [0.2, 0.25) is 0 Å². The lowest BCUT2D eigenvalue weighted by atomic mass is 9.86. The van der Waals surface area contributed by atoms with Crippen molar-refractivity contribution in [2.75, 3.05) is 33.4 Å². The number of phenolic OH excluding ortho intramolecular Hbond substituents is 2. The van der Waals surface area contributed by atoms with E-state index in [-0.39, 0.29) is 17.6 Å². The molecule has 3 aromatic carbocycles. The number of nitrogens with zero attached hydrogens (tertiary/aromatic N) is 1. The highest BCUT2D eigenvalue weighted by Crippen LogP contribution is 2.47. The van der Waals surface area contributed by atoms with Crippen LogP contribution in [0.3, 0.4) is 0 Å². The van der Waals surface area contributed by atoms with Gasteiger partial charge in [0.05, 0.1) is 6.61 Å². The Morgan fingerprint density at radius 1 is 1.03 bits per heavy atom. The number of allylic oxidation sites excluding steroid dienone is 1. The van der Waals surface area contributed by atoms with Crippen LogP contribution in [-0.2, 0) is 4.74 Å². The van der Waals surface area contributed by atoms with Gasteiger partial charge in [-0.25, -0.2) is 0 Å². The highest BCUT2D eigenvalue weighted by Gasteiger charge is 2.30. The number of likely N-dealkylation sites (tertiary alicyclic amines) is 1. The monoisotopic (exact) mass is 501 g/mol. The molecule has 6 heteroatoms. The third-order valence-electron chi connectivity index (χ3n) is 7.45. The van der Waals surface area contributed by atoms with Gasteiger partial charge in [-0.1, -0.05) is 24.3 Å². The largest absolute Gasteiger partial charge is 0.508 e. The van der Waals surface area contributed by atoms with Gasteiger partial charge in [-0.15, -0.1) is 0 Å². The summed E-state index contributed by atoms with van der Waals surface area (Å²) in [6, 6.07) is 20.8. The highest BCUT2D eigenvalue weighted by atomic mass is 16.5. The predicted molar refractivity (Wildman–Crippen MR) is 145 cm³/mol. The number of hydrogen-bond acceptors (Lipinski definition) is 6. The van der Waals surface area contributed by atoms with Gasteiger partial charge in [0.15, 0.2) is 0 Å². The van der Waals surface area contributed by atoms with Crippen molar-refractivity contribution in [1.82, 2.24) is 4.90 Å². The molecule has 3 atom stereocenters. The minimum absolute atomic E-state index is 0.189. The van der Waals surface area contributed by atoms with Crippen molar-refractivity contribution in [1.29, 1.82) is 0 Å². The Hall–Kier alpha value is -3.48. The van der Waals surface area contributed by atoms with Crippen molar-refractivity contribution in [2.45, 2.75) is 32.4 Å². The quantitative estimate of drug-likeness (QED) is 0.401. The maximum atomic E-state index is 10.2. The summed E-state index contributed by atoms with van der Waals surface area (Å²) in [5.41, 5.74) is 4.66. The van der Waals surface area contributed by atoms with E-state index in [9.17, 15) is 10.2 Å². The minimum atomic E-state index is -0.367. The summed E-state index contributed by atoms with van der Waals surface area (Å²) < 4.78 is 17.9. The molecular formula is C31H35NO5. The molecule has 6 nitrogen and oxygen atoms in total. The molecule has 3 aromatic rings. The molecule has 0 aromatic heterocycles. The predicted octanol–water partition coefficient (Wildman–Crippen LogP) is 5.90. The van der Waals surface area contributed by atoms with E-state index in [0.29, 0.717) is 18.6 Å². The van der Waals surface area contributed by atoms with E-state index in [4.69, 9.17) is 14.2 Å². The number of ether oxygens (including phenoxy) is 3. The van der Waals surface area contributed by atoms with Crippen LogP contribution in [0.15, 0.2) is 66.7 Å². The Balaban J connectivity index is 1.35. The van der Waals surface area contributed by atoms with E-state index in [1.54, 1.807) is 37.4 Å². The van der Waals surface area contributed by atoms with Crippen LogP contribution in [-0.4, -0.2) is 54.6 Å². The summed E-state index contributed by atoms with van der Waals surface area (Å²) >= 11 is 0. The van der Waals surface area contributed by atoms with Gasteiger partial charge < -0.3 is 24.4 Å². The molecule has 2 heterocycles. The molecule has 0 spiro atoms. The molecule has 37 heavy (non-hydrogen) atoms. The van der Waals surface area contributed by atoms with Gasteiger partial charge >= 0.3 is 0 Å². The Morgan fingerprint density at radius 3 is 2.57 bits per heavy atom. The van der Waals surface area contributed by atoms with Gasteiger partial charge in [0.25, 0.3) is 0 Å². The van der Waals surface area contributed by atoms with E-state index >= 15 is 0 Å². The van der Waals surface area contributed by atoms with E-state index in [0.717, 1.165) is 59.0 Å². The van der Waals surface area contributed by atoms with Crippen LogP contribution < -0.4 is 9.47 Å². The molecule has 5 rings (SSSR count). The van der Waals surface area contributed by atoms with Gasteiger partial charge in [-0.2, -0.15) is 0 Å². The Bertz CT molecular complexity index is 1270. The SMILES string of the molecule is COCC1CCN(C(C)COc2ccc(C3Oc4ccc(O)cc4C(C)=C3c3cccc(O)c3)cc2)C1. The first-order valence-corrected chi connectivity index (χ1v) is 12.9. The van der Waals surface area contributed by atoms with Crippen LogP contribution in [0.4, 0.5) is 0 Å². The molecule has 0 saturated carbocycles. The number of hydrogen-bond donors (Lipinski definition) is 2. The topological polar surface area (TPSA) is 71.4 Å². The smallest absolute Gasteiger partial charge is 0.150 e. The van der Waals surface area contributed by atoms with Gasteiger partial charge in [0, 0.05) is 30.8 Å². The highest BCUT2D eigenvalue weighted by molar-refractivity contribution is 5.95. The number of fused-ring (bicyclic) bond motifs is 1. The third-order valence-corrected chi connectivity index (χ3v) is 7.45. The normalized spacial score (nSPS) is 20.4. The van der Waals surface area contributed by atoms with Crippen LogP contribution in [0.1, 0.15) is 43.1 Å². The molecule has 2 aliphatic heterocycles. The molecule has 2 N–H and O–H groups in total. The molecule has 1 fully saturated rings. The second-order valence-electron chi connectivity index (χ2n) is 10.1. The number of aromatic hydroxyl groups is 2. The first-order valence-electron chi connectivity index (χ1n) is 12.9. The van der Waals surface area contributed by atoms with Crippen molar-refractivity contribution >= 4 is 11.1 Å². The van der Waals surface area contributed by atoms with E-state index in [1.807, 2.05) is 43.3 Å². The van der Waals surface area contributed by atoms with Crippen LogP contribution >= 0.6 is 0 Å². The number of phenols is 2. The van der Waals surface area contributed by atoms with E-state index in [1.165, 1.54) is 6.42 Å². The fraction of sp³-hybridized carbons (Fsp3) is 0.355. The zero-order chi connectivity index (χ0) is 25.9. The molecule has 0 radical (unpaired) electrons. The summed E-state index contributed by atoms with van der Waals surface area (Å²) in [6.45, 7) is 7.83. The van der Waals surface area contributed by atoms with Gasteiger partial charge in [0.1, 0.15) is 35.7 Å². The first kappa shape index (κ1) is 25.2. The van der Waals surface area contributed by atoms with Crippen molar-refractivity contribution in [3.63, 3.8) is 0 Å². The lowest BCUT2D eigenvalue weighted by Crippen LogP contribution is -2.35. The maximum absolute atomic E-state index is 10.2. The fourth-order valence-corrected chi connectivity index (χ4v) is 5.41. The van der Waals surface area contributed by atoms with E-state index < -0.39 is 0 Å². The molecule has 3 unspecified atom stereocenters. The molecule has 0 bridgehead atoms. The summed E-state index contributed by atoms with van der Waals surface area (Å²) in [6.07, 6.45) is 0.806. The average Bonchev–Trinajstić information content (AvgIpc) is 3.37. The maximum Gasteiger partial charge on any atom is 0.150 e. The zero-order valence-corrected chi connectivity index (χ0v) is 21.7. The lowest BCUT2D eigenvalue weighted by Gasteiger charge is -2.31. The van der Waals surface area contributed by atoms with Gasteiger partial charge in [-0.05, 0) is 91.9 Å². The van der Waals surface area contributed by atoms with Gasteiger partial charge in [0.2, 0.25) is 0 Å². The molecule has 2 aliphatic rings. The second-order valence-corrected chi connectivity index (χ2v) is 10.1. The second kappa shape index (κ2) is 10.9. The summed E-state index contributed by atoms with van der Waals surface area (Å²) in [4.78, 5) is 2.47. The van der Waals surface area contributed by atoms with Crippen LogP contribution in [0, 0.1) is 5.92 Å². The Labute approximate surface area is 218 Å². The molecule has 0 amide bonds. The Kier molecular flexibility index (Phi) is 7.40. The van der Waals surface area contributed by atoms with Crippen molar-refractivity contribution in [2.24, 2.45) is 5.92 Å². The Morgan fingerprint density at radius 2 is 1.81 bits per heavy atom. The fourth-order valence-electron chi connectivity index (χ4n) is 5.41. The number of benzene rings is 3. The van der Waals surface area contributed by atoms with Gasteiger partial charge in [-0.3, -0.25) is 4.90 Å². The average molecular weight is 502 g/mol. The number of methoxy groups -OCH3 is 1. The molecule has 1 saturated heterocycles. The van der Waals surface area contributed by atoms with Crippen molar-refractivity contribution in [3.05, 3.63) is 83.4 Å². The van der Waals surface area contributed by atoms with Crippen molar-refractivity contribution in [3.8, 4) is 23.0 Å². The van der Waals surface area contributed by atoms with Crippen molar-refractivity contribution < 1.29 is 24.4 Å². The first-order chi connectivity index (χ1) is 17.9. The molecular weight excluding hydrogens is 466 g/mol. The van der Waals surface area contributed by atoms with Crippen LogP contribution in [0.25, 0.3) is 11.1 Å². The summed E-state index contributed by atoms with van der Waals surface area (Å²) in [7, 11) is 1.77. The zero-order valence-electron chi connectivity index (χ0n) is 21.7. The molecule has 0 aliphatic carbocycles. The summed E-state index contributed by atoms with van der Waals surface area (Å²) in [5, 5.41) is 20.2.